The fraction of sp³-hybridized carbons (Fsp3) is 0.333. The molecule has 0 aliphatic carbocycles. The van der Waals surface area contributed by atoms with E-state index in [-0.39, 0.29) is 17.7 Å². The molecule has 7 nitrogen and oxygen atoms in total. The van der Waals surface area contributed by atoms with E-state index in [1.165, 1.54) is 17.4 Å². The van der Waals surface area contributed by atoms with Gasteiger partial charge in [-0.3, -0.25) is 14.9 Å². The molecule has 0 saturated carbocycles. The van der Waals surface area contributed by atoms with Crippen molar-refractivity contribution in [2.24, 2.45) is 0 Å². The van der Waals surface area contributed by atoms with Crippen molar-refractivity contribution in [1.82, 2.24) is 15.5 Å². The molecular formula is C18H22N4O3S. The number of ether oxygens (including phenoxy) is 1. The average molecular weight is 374 g/mol. The van der Waals surface area contributed by atoms with E-state index in [1.54, 1.807) is 32.2 Å². The Kier molecular flexibility index (Phi) is 6.85. The number of hydrogen-bond acceptors (Lipinski definition) is 6. The van der Waals surface area contributed by atoms with Crippen molar-refractivity contribution < 1.29 is 14.3 Å². The van der Waals surface area contributed by atoms with Crippen molar-refractivity contribution in [3.63, 3.8) is 0 Å². The van der Waals surface area contributed by atoms with Crippen LogP contribution < -0.4 is 15.4 Å². The van der Waals surface area contributed by atoms with Crippen LogP contribution in [0.2, 0.25) is 0 Å². The lowest BCUT2D eigenvalue weighted by Gasteiger charge is -2.11. The molecule has 1 aromatic carbocycles. The second-order valence-corrected chi connectivity index (χ2v) is 6.94. The quantitative estimate of drug-likeness (QED) is 0.727. The van der Waals surface area contributed by atoms with Crippen molar-refractivity contribution >= 4 is 34.4 Å². The molecule has 2 aromatic rings. The van der Waals surface area contributed by atoms with Crippen LogP contribution in [0.4, 0.5) is 5.13 Å². The first-order valence-corrected chi connectivity index (χ1v) is 8.97. The van der Waals surface area contributed by atoms with Gasteiger partial charge in [-0.25, -0.2) is 0 Å². The minimum absolute atomic E-state index is 0.248. The van der Waals surface area contributed by atoms with Crippen LogP contribution in [-0.4, -0.2) is 35.2 Å². The van der Waals surface area contributed by atoms with E-state index in [2.05, 4.69) is 20.8 Å². The van der Waals surface area contributed by atoms with Gasteiger partial charge in [-0.15, -0.1) is 10.2 Å². The summed E-state index contributed by atoms with van der Waals surface area (Å²) < 4.78 is 5.08. The highest BCUT2D eigenvalue weighted by atomic mass is 32.1. The molecule has 1 aromatic heterocycles. The van der Waals surface area contributed by atoms with E-state index in [4.69, 9.17) is 4.74 Å². The first-order chi connectivity index (χ1) is 12.4. The average Bonchev–Trinajstić information content (AvgIpc) is 3.09. The van der Waals surface area contributed by atoms with Crippen LogP contribution in [0.1, 0.15) is 37.3 Å². The maximum Gasteiger partial charge on any atom is 0.248 e. The molecule has 0 aliphatic heterocycles. The van der Waals surface area contributed by atoms with Gasteiger partial charge in [-0.2, -0.15) is 0 Å². The fourth-order valence-corrected chi connectivity index (χ4v) is 2.69. The van der Waals surface area contributed by atoms with E-state index in [9.17, 15) is 9.59 Å². The maximum absolute atomic E-state index is 12.1. The van der Waals surface area contributed by atoms with Crippen LogP contribution in [0.15, 0.2) is 30.3 Å². The normalized spacial score (nSPS) is 12.2. The summed E-state index contributed by atoms with van der Waals surface area (Å²) in [5.74, 6) is 0.291. The molecule has 138 valence electrons. The molecule has 0 spiro atoms. The summed E-state index contributed by atoms with van der Waals surface area (Å²) in [5.41, 5.74) is 0.855. The first kappa shape index (κ1) is 19.6. The largest absolute Gasteiger partial charge is 0.497 e. The van der Waals surface area contributed by atoms with Gasteiger partial charge >= 0.3 is 0 Å². The monoisotopic (exact) mass is 374 g/mol. The molecular weight excluding hydrogens is 352 g/mol. The number of carbonyl (C=O) groups excluding carboxylic acids is 2. The molecule has 1 atom stereocenters. The lowest BCUT2D eigenvalue weighted by atomic mass is 10.2. The third kappa shape index (κ3) is 5.66. The number of nitrogens with one attached hydrogen (secondary N) is 2. The molecule has 0 aliphatic rings. The number of nitrogens with zero attached hydrogens (tertiary/aromatic N) is 2. The van der Waals surface area contributed by atoms with E-state index < -0.39 is 6.04 Å². The Labute approximate surface area is 156 Å². The summed E-state index contributed by atoms with van der Waals surface area (Å²) in [6.07, 6.45) is 3.05. The molecule has 1 unspecified atom stereocenters. The number of methoxy groups -OCH3 is 1. The molecule has 2 amide bonds. The van der Waals surface area contributed by atoms with Crippen molar-refractivity contribution in [3.05, 3.63) is 40.9 Å². The number of hydrogen-bond donors (Lipinski definition) is 2. The van der Waals surface area contributed by atoms with E-state index in [0.717, 1.165) is 16.3 Å². The zero-order chi connectivity index (χ0) is 19.1. The van der Waals surface area contributed by atoms with Crippen LogP contribution >= 0.6 is 11.3 Å². The van der Waals surface area contributed by atoms with E-state index in [0.29, 0.717) is 5.13 Å². The third-order valence-electron chi connectivity index (χ3n) is 3.46. The maximum atomic E-state index is 12.1. The van der Waals surface area contributed by atoms with Crippen LogP contribution in [0.25, 0.3) is 6.08 Å². The summed E-state index contributed by atoms with van der Waals surface area (Å²) in [4.78, 5) is 24.1. The Morgan fingerprint density at radius 2 is 1.85 bits per heavy atom. The Balaban J connectivity index is 1.86. The van der Waals surface area contributed by atoms with Crippen LogP contribution in [-0.2, 0) is 9.59 Å². The number of benzene rings is 1. The second kappa shape index (κ2) is 9.10. The van der Waals surface area contributed by atoms with E-state index >= 15 is 0 Å². The standard InChI is InChI=1S/C18H22N4O3S/c1-11(2)17-21-22-18(26-17)20-16(24)12(3)19-15(23)10-7-13-5-8-14(25-4)9-6-13/h5-12H,1-4H3,(H,19,23)(H,20,22,24)/b10-7+. The number of rotatable bonds is 7. The Hall–Kier alpha value is -2.74. The summed E-state index contributed by atoms with van der Waals surface area (Å²) in [5, 5.41) is 14.5. The van der Waals surface area contributed by atoms with Crippen molar-refractivity contribution in [2.45, 2.75) is 32.7 Å². The molecule has 1 heterocycles. The Bertz CT molecular complexity index is 784. The number of anilines is 1. The lowest BCUT2D eigenvalue weighted by molar-refractivity contribution is -0.123. The number of carbonyl (C=O) groups is 2. The molecule has 8 heteroatoms. The van der Waals surface area contributed by atoms with Gasteiger partial charge < -0.3 is 10.1 Å². The summed E-state index contributed by atoms with van der Waals surface area (Å²) >= 11 is 1.33. The molecule has 26 heavy (non-hydrogen) atoms. The molecule has 0 radical (unpaired) electrons. The van der Waals surface area contributed by atoms with Gasteiger partial charge in [-0.1, -0.05) is 37.3 Å². The predicted molar refractivity (Wildman–Crippen MR) is 102 cm³/mol. The summed E-state index contributed by atoms with van der Waals surface area (Å²) in [6, 6.07) is 6.58. The smallest absolute Gasteiger partial charge is 0.248 e. The minimum Gasteiger partial charge on any atom is -0.497 e. The van der Waals surface area contributed by atoms with Crippen LogP contribution in [0.3, 0.4) is 0 Å². The minimum atomic E-state index is -0.700. The van der Waals surface area contributed by atoms with Crippen molar-refractivity contribution in [3.8, 4) is 5.75 Å². The van der Waals surface area contributed by atoms with Gasteiger partial charge in [-0.05, 0) is 30.7 Å². The molecule has 0 fully saturated rings. The van der Waals surface area contributed by atoms with Crippen LogP contribution in [0, 0.1) is 0 Å². The fourth-order valence-electron chi connectivity index (χ4n) is 1.95. The topological polar surface area (TPSA) is 93.2 Å². The zero-order valence-corrected chi connectivity index (χ0v) is 16.0. The van der Waals surface area contributed by atoms with Gasteiger partial charge in [0.05, 0.1) is 7.11 Å². The Morgan fingerprint density at radius 1 is 1.15 bits per heavy atom. The summed E-state index contributed by atoms with van der Waals surface area (Å²) in [6.45, 7) is 5.62. The lowest BCUT2D eigenvalue weighted by Crippen LogP contribution is -2.40. The van der Waals surface area contributed by atoms with Gasteiger partial charge in [0.25, 0.3) is 0 Å². The van der Waals surface area contributed by atoms with E-state index in [1.807, 2.05) is 26.0 Å². The molecule has 2 rings (SSSR count). The van der Waals surface area contributed by atoms with Gasteiger partial charge in [0.2, 0.25) is 16.9 Å². The third-order valence-corrected chi connectivity index (χ3v) is 4.60. The SMILES string of the molecule is COc1ccc(/C=C/C(=O)NC(C)C(=O)Nc2nnc(C(C)C)s2)cc1. The van der Waals surface area contributed by atoms with Gasteiger partial charge in [0.1, 0.15) is 16.8 Å². The first-order valence-electron chi connectivity index (χ1n) is 8.16. The molecule has 0 bridgehead atoms. The molecule has 0 saturated heterocycles. The molecule has 2 N–H and O–H groups in total. The van der Waals surface area contributed by atoms with Crippen molar-refractivity contribution in [1.29, 1.82) is 0 Å². The zero-order valence-electron chi connectivity index (χ0n) is 15.1. The van der Waals surface area contributed by atoms with Crippen molar-refractivity contribution in [2.75, 3.05) is 12.4 Å². The Morgan fingerprint density at radius 3 is 2.42 bits per heavy atom. The second-order valence-electron chi connectivity index (χ2n) is 5.93. The van der Waals surface area contributed by atoms with Crippen LogP contribution in [0.5, 0.6) is 5.75 Å². The van der Waals surface area contributed by atoms with Gasteiger partial charge in [0, 0.05) is 12.0 Å². The summed E-state index contributed by atoms with van der Waals surface area (Å²) in [7, 11) is 1.59. The number of aromatic nitrogens is 2. The number of amides is 2. The highest BCUT2D eigenvalue weighted by Crippen LogP contribution is 2.22. The van der Waals surface area contributed by atoms with Gasteiger partial charge in [0.15, 0.2) is 0 Å². The highest BCUT2D eigenvalue weighted by Gasteiger charge is 2.17. The highest BCUT2D eigenvalue weighted by molar-refractivity contribution is 7.15. The predicted octanol–water partition coefficient (Wildman–Crippen LogP) is 2.83.